The molecule has 4 heteroatoms. The lowest BCUT2D eigenvalue weighted by molar-refractivity contribution is 0.246. The molecule has 84 valence electrons. The van der Waals surface area contributed by atoms with Crippen LogP contribution in [0.5, 0.6) is 0 Å². The fourth-order valence-electron chi connectivity index (χ4n) is 1.20. The van der Waals surface area contributed by atoms with Crippen molar-refractivity contribution < 1.29 is 9.50 Å². The Morgan fingerprint density at radius 3 is 2.80 bits per heavy atom. The third kappa shape index (κ3) is 4.20. The van der Waals surface area contributed by atoms with Crippen LogP contribution in [0.4, 0.5) is 4.39 Å². The SMILES string of the molecule is CNC(CO)CCSc1ccccc1F. The van der Waals surface area contributed by atoms with Gasteiger partial charge >= 0.3 is 0 Å². The molecule has 2 nitrogen and oxygen atoms in total. The Morgan fingerprint density at radius 2 is 2.20 bits per heavy atom. The molecule has 1 atom stereocenters. The van der Waals surface area contributed by atoms with Crippen LogP contribution in [0.1, 0.15) is 6.42 Å². The Labute approximate surface area is 93.9 Å². The largest absolute Gasteiger partial charge is 0.395 e. The summed E-state index contributed by atoms with van der Waals surface area (Å²) >= 11 is 1.48. The van der Waals surface area contributed by atoms with Crippen molar-refractivity contribution in [2.75, 3.05) is 19.4 Å². The average molecular weight is 229 g/mol. The van der Waals surface area contributed by atoms with Gasteiger partial charge in [0.15, 0.2) is 0 Å². The molecule has 0 spiro atoms. The maximum atomic E-state index is 13.2. The van der Waals surface area contributed by atoms with E-state index < -0.39 is 0 Å². The van der Waals surface area contributed by atoms with E-state index in [-0.39, 0.29) is 18.5 Å². The summed E-state index contributed by atoms with van der Waals surface area (Å²) in [5, 5.41) is 11.9. The van der Waals surface area contributed by atoms with Gasteiger partial charge in [-0.2, -0.15) is 0 Å². The van der Waals surface area contributed by atoms with Crippen molar-refractivity contribution in [2.45, 2.75) is 17.4 Å². The van der Waals surface area contributed by atoms with Crippen LogP contribution in [0.3, 0.4) is 0 Å². The highest BCUT2D eigenvalue weighted by Crippen LogP contribution is 2.22. The summed E-state index contributed by atoms with van der Waals surface area (Å²) in [6, 6.07) is 6.85. The fraction of sp³-hybridized carbons (Fsp3) is 0.455. The molecule has 1 aromatic rings. The summed E-state index contributed by atoms with van der Waals surface area (Å²) in [5.74, 6) is 0.625. The minimum atomic E-state index is -0.174. The fourth-order valence-corrected chi connectivity index (χ4v) is 2.20. The number of thioether (sulfide) groups is 1. The van der Waals surface area contributed by atoms with E-state index in [1.807, 2.05) is 13.1 Å². The van der Waals surface area contributed by atoms with Crippen LogP contribution in [0.25, 0.3) is 0 Å². The van der Waals surface area contributed by atoms with Crippen molar-refractivity contribution in [3.8, 4) is 0 Å². The van der Waals surface area contributed by atoms with Gasteiger partial charge in [0.2, 0.25) is 0 Å². The zero-order valence-electron chi connectivity index (χ0n) is 8.74. The van der Waals surface area contributed by atoms with Gasteiger partial charge in [0.1, 0.15) is 5.82 Å². The maximum Gasteiger partial charge on any atom is 0.136 e. The number of rotatable bonds is 6. The number of hydrogen-bond acceptors (Lipinski definition) is 3. The maximum absolute atomic E-state index is 13.2. The van der Waals surface area contributed by atoms with Gasteiger partial charge in [0, 0.05) is 10.9 Å². The molecule has 0 amide bonds. The summed E-state index contributed by atoms with van der Waals surface area (Å²) < 4.78 is 13.2. The number of aliphatic hydroxyl groups excluding tert-OH is 1. The lowest BCUT2D eigenvalue weighted by atomic mass is 10.2. The molecule has 1 rings (SSSR count). The van der Waals surface area contributed by atoms with Crippen molar-refractivity contribution in [2.24, 2.45) is 0 Å². The molecule has 0 aliphatic heterocycles. The van der Waals surface area contributed by atoms with Crippen LogP contribution in [0.2, 0.25) is 0 Å². The second-order valence-corrected chi connectivity index (χ2v) is 4.37. The molecule has 0 aliphatic rings. The quantitative estimate of drug-likeness (QED) is 0.731. The van der Waals surface area contributed by atoms with E-state index in [1.54, 1.807) is 12.1 Å². The van der Waals surface area contributed by atoms with Crippen LogP contribution in [-0.4, -0.2) is 30.6 Å². The van der Waals surface area contributed by atoms with E-state index >= 15 is 0 Å². The first-order valence-corrected chi connectivity index (χ1v) is 5.92. The third-order valence-electron chi connectivity index (χ3n) is 2.19. The monoisotopic (exact) mass is 229 g/mol. The number of nitrogens with one attached hydrogen (secondary N) is 1. The first-order valence-electron chi connectivity index (χ1n) is 4.93. The molecule has 0 radical (unpaired) electrons. The molecule has 1 aromatic carbocycles. The van der Waals surface area contributed by atoms with E-state index in [1.165, 1.54) is 17.8 Å². The van der Waals surface area contributed by atoms with Gasteiger partial charge in [-0.1, -0.05) is 12.1 Å². The number of benzene rings is 1. The normalized spacial score (nSPS) is 12.7. The highest BCUT2D eigenvalue weighted by molar-refractivity contribution is 7.99. The van der Waals surface area contributed by atoms with Crippen molar-refractivity contribution >= 4 is 11.8 Å². The summed E-state index contributed by atoms with van der Waals surface area (Å²) in [5.41, 5.74) is 0. The van der Waals surface area contributed by atoms with Crippen molar-refractivity contribution in [1.82, 2.24) is 5.32 Å². The highest BCUT2D eigenvalue weighted by Gasteiger charge is 2.05. The van der Waals surface area contributed by atoms with Crippen molar-refractivity contribution in [3.05, 3.63) is 30.1 Å². The predicted molar refractivity (Wildman–Crippen MR) is 61.7 cm³/mol. The standard InChI is InChI=1S/C11H16FNOS/c1-13-9(8-14)6-7-15-11-5-3-2-4-10(11)12/h2-5,9,13-14H,6-8H2,1H3. The minimum absolute atomic E-state index is 0.101. The Bertz CT molecular complexity index is 292. The molecule has 0 fully saturated rings. The molecular weight excluding hydrogens is 213 g/mol. The average Bonchev–Trinajstić information content (AvgIpc) is 2.27. The second kappa shape index (κ2) is 6.82. The number of hydrogen-bond donors (Lipinski definition) is 2. The van der Waals surface area contributed by atoms with Gasteiger partial charge in [-0.3, -0.25) is 0 Å². The number of halogens is 1. The second-order valence-electron chi connectivity index (χ2n) is 3.24. The summed E-state index contributed by atoms with van der Waals surface area (Å²) in [6.45, 7) is 0.119. The molecule has 1 unspecified atom stereocenters. The Kier molecular flexibility index (Phi) is 5.68. The van der Waals surface area contributed by atoms with Gasteiger partial charge in [-0.05, 0) is 31.4 Å². The molecule has 0 aromatic heterocycles. The molecule has 0 bridgehead atoms. The van der Waals surface area contributed by atoms with E-state index in [9.17, 15) is 4.39 Å². The summed E-state index contributed by atoms with van der Waals surface area (Å²) in [6.07, 6.45) is 0.825. The highest BCUT2D eigenvalue weighted by atomic mass is 32.2. The molecule has 0 saturated heterocycles. The van der Waals surface area contributed by atoms with Crippen LogP contribution in [0, 0.1) is 5.82 Å². The Balaban J connectivity index is 2.34. The van der Waals surface area contributed by atoms with Gasteiger partial charge in [-0.15, -0.1) is 11.8 Å². The molecular formula is C11H16FNOS. The van der Waals surface area contributed by atoms with Gasteiger partial charge in [0.25, 0.3) is 0 Å². The van der Waals surface area contributed by atoms with E-state index in [0.29, 0.717) is 4.90 Å². The van der Waals surface area contributed by atoms with Gasteiger partial charge < -0.3 is 10.4 Å². The predicted octanol–water partition coefficient (Wildman–Crippen LogP) is 1.89. The number of likely N-dealkylation sites (N-methyl/N-ethyl adjacent to an activating group) is 1. The van der Waals surface area contributed by atoms with E-state index in [4.69, 9.17) is 5.11 Å². The minimum Gasteiger partial charge on any atom is -0.395 e. The van der Waals surface area contributed by atoms with E-state index in [2.05, 4.69) is 5.32 Å². The first kappa shape index (κ1) is 12.5. The molecule has 2 N–H and O–H groups in total. The van der Waals surface area contributed by atoms with Gasteiger partial charge in [0.05, 0.1) is 6.61 Å². The Morgan fingerprint density at radius 1 is 1.47 bits per heavy atom. The molecule has 0 aliphatic carbocycles. The third-order valence-corrected chi connectivity index (χ3v) is 3.27. The topological polar surface area (TPSA) is 32.3 Å². The van der Waals surface area contributed by atoms with Gasteiger partial charge in [-0.25, -0.2) is 4.39 Å². The number of aliphatic hydroxyl groups is 1. The smallest absolute Gasteiger partial charge is 0.136 e. The zero-order chi connectivity index (χ0) is 11.1. The van der Waals surface area contributed by atoms with Crippen LogP contribution in [-0.2, 0) is 0 Å². The lowest BCUT2D eigenvalue weighted by Crippen LogP contribution is -2.29. The van der Waals surface area contributed by atoms with Crippen molar-refractivity contribution in [1.29, 1.82) is 0 Å². The molecule has 0 heterocycles. The Hall–Kier alpha value is -0.580. The summed E-state index contributed by atoms with van der Waals surface area (Å²) in [7, 11) is 1.81. The lowest BCUT2D eigenvalue weighted by Gasteiger charge is -2.12. The van der Waals surface area contributed by atoms with Crippen LogP contribution < -0.4 is 5.32 Å². The van der Waals surface area contributed by atoms with Crippen molar-refractivity contribution in [3.63, 3.8) is 0 Å². The first-order chi connectivity index (χ1) is 7.27. The van der Waals surface area contributed by atoms with E-state index in [0.717, 1.165) is 12.2 Å². The van der Waals surface area contributed by atoms with Crippen LogP contribution >= 0.6 is 11.8 Å². The van der Waals surface area contributed by atoms with Crippen LogP contribution in [0.15, 0.2) is 29.2 Å². The zero-order valence-corrected chi connectivity index (χ0v) is 9.56. The molecule has 0 saturated carbocycles. The molecule has 15 heavy (non-hydrogen) atoms. The summed E-state index contributed by atoms with van der Waals surface area (Å²) in [4.78, 5) is 0.672.